The predicted molar refractivity (Wildman–Crippen MR) is 58.1 cm³/mol. The summed E-state index contributed by atoms with van der Waals surface area (Å²) in [6, 6.07) is 9.06. The van der Waals surface area contributed by atoms with Crippen LogP contribution in [0.25, 0.3) is 0 Å². The molecular weight excluding hydrogens is 170 g/mol. The Balaban J connectivity index is 2.09. The van der Waals surface area contributed by atoms with Gasteiger partial charge in [0.2, 0.25) is 0 Å². The van der Waals surface area contributed by atoms with E-state index < -0.39 is 0 Å². The Morgan fingerprint density at radius 2 is 2.00 bits per heavy atom. The van der Waals surface area contributed by atoms with Gasteiger partial charge in [-0.25, -0.2) is 0 Å². The molecule has 0 unspecified atom stereocenters. The molecule has 1 aromatic rings. The fraction of sp³-hybridized carbons (Fsp3) is 0.385. The minimum absolute atomic E-state index is 0.277. The van der Waals surface area contributed by atoms with Gasteiger partial charge < -0.3 is 5.73 Å². The zero-order chi connectivity index (χ0) is 9.54. The Kier molecular flexibility index (Phi) is 1.74. The third kappa shape index (κ3) is 1.12. The van der Waals surface area contributed by atoms with Crippen LogP contribution < -0.4 is 5.73 Å². The number of rotatable bonds is 0. The molecule has 72 valence electrons. The van der Waals surface area contributed by atoms with Crippen LogP contribution in [0.15, 0.2) is 36.4 Å². The number of allylic oxidation sites excluding steroid dienone is 1. The molecule has 1 aromatic carbocycles. The molecule has 2 aliphatic carbocycles. The summed E-state index contributed by atoms with van der Waals surface area (Å²) in [6.45, 7) is 0. The van der Waals surface area contributed by atoms with Crippen molar-refractivity contribution in [1.82, 2.24) is 0 Å². The zero-order valence-corrected chi connectivity index (χ0v) is 8.19. The molecule has 0 amide bonds. The standard InChI is InChI=1S/C13H15N/c14-13-6-5-10-8-11(13)7-9-3-1-2-4-12(9)10/h1-6,10-11,13H,7-8,14H2/t10-,11-,13+/m0/s1. The minimum atomic E-state index is 0.277. The van der Waals surface area contributed by atoms with E-state index in [4.69, 9.17) is 5.73 Å². The Morgan fingerprint density at radius 3 is 2.93 bits per heavy atom. The molecule has 0 aromatic heterocycles. The van der Waals surface area contributed by atoms with Crippen molar-refractivity contribution in [2.24, 2.45) is 11.7 Å². The average Bonchev–Trinajstić information content (AvgIpc) is 2.24. The van der Waals surface area contributed by atoms with Crippen molar-refractivity contribution < 1.29 is 0 Å². The SMILES string of the molecule is N[C@@H]1C=C[C@H]2C[C@@H]1Cc1ccccc12. The quantitative estimate of drug-likeness (QED) is 0.616. The molecule has 0 aliphatic heterocycles. The van der Waals surface area contributed by atoms with Gasteiger partial charge in [-0.05, 0) is 29.9 Å². The molecular formula is C13H15N. The smallest absolute Gasteiger partial charge is 0.0256 e. The fourth-order valence-electron chi connectivity index (χ4n) is 2.80. The summed E-state index contributed by atoms with van der Waals surface area (Å²) < 4.78 is 0. The molecule has 0 radical (unpaired) electrons. The van der Waals surface area contributed by atoms with Gasteiger partial charge in [0, 0.05) is 12.0 Å². The van der Waals surface area contributed by atoms with Gasteiger partial charge in [-0.15, -0.1) is 0 Å². The summed E-state index contributed by atoms with van der Waals surface area (Å²) in [7, 11) is 0. The maximum Gasteiger partial charge on any atom is 0.0256 e. The summed E-state index contributed by atoms with van der Waals surface area (Å²) in [6.07, 6.45) is 6.89. The van der Waals surface area contributed by atoms with Crippen molar-refractivity contribution in [2.75, 3.05) is 0 Å². The first-order valence-electron chi connectivity index (χ1n) is 5.36. The van der Waals surface area contributed by atoms with Crippen molar-refractivity contribution >= 4 is 0 Å². The van der Waals surface area contributed by atoms with Gasteiger partial charge in [-0.3, -0.25) is 0 Å². The van der Waals surface area contributed by atoms with E-state index in [1.54, 1.807) is 0 Å². The second kappa shape index (κ2) is 2.96. The van der Waals surface area contributed by atoms with Crippen molar-refractivity contribution in [1.29, 1.82) is 0 Å². The molecule has 1 heteroatoms. The van der Waals surface area contributed by atoms with E-state index in [-0.39, 0.29) is 6.04 Å². The normalized spacial score (nSPS) is 33.9. The number of hydrogen-bond acceptors (Lipinski definition) is 1. The fourth-order valence-corrected chi connectivity index (χ4v) is 2.80. The van der Waals surface area contributed by atoms with E-state index in [1.807, 2.05) is 0 Å². The summed E-state index contributed by atoms with van der Waals surface area (Å²) in [5.41, 5.74) is 9.08. The van der Waals surface area contributed by atoms with E-state index in [2.05, 4.69) is 36.4 Å². The molecule has 1 nitrogen and oxygen atoms in total. The van der Waals surface area contributed by atoms with E-state index in [0.29, 0.717) is 11.8 Å². The number of hydrogen-bond donors (Lipinski definition) is 1. The molecule has 14 heavy (non-hydrogen) atoms. The summed E-state index contributed by atoms with van der Waals surface area (Å²) in [5, 5.41) is 0. The Labute approximate surface area is 84.6 Å². The van der Waals surface area contributed by atoms with E-state index in [1.165, 1.54) is 17.5 Å². The molecule has 3 rings (SSSR count). The van der Waals surface area contributed by atoms with Gasteiger partial charge in [-0.2, -0.15) is 0 Å². The van der Waals surface area contributed by atoms with E-state index in [0.717, 1.165) is 6.42 Å². The van der Waals surface area contributed by atoms with Gasteiger partial charge in [0.05, 0.1) is 0 Å². The van der Waals surface area contributed by atoms with Crippen LogP contribution in [0.4, 0.5) is 0 Å². The van der Waals surface area contributed by atoms with Gasteiger partial charge in [0.25, 0.3) is 0 Å². The van der Waals surface area contributed by atoms with Crippen LogP contribution >= 0.6 is 0 Å². The highest BCUT2D eigenvalue weighted by molar-refractivity contribution is 5.38. The number of fused-ring (bicyclic) bond motifs is 4. The highest BCUT2D eigenvalue weighted by Gasteiger charge is 2.30. The molecule has 0 saturated heterocycles. The lowest BCUT2D eigenvalue weighted by Gasteiger charge is -2.36. The van der Waals surface area contributed by atoms with E-state index >= 15 is 0 Å². The summed E-state index contributed by atoms with van der Waals surface area (Å²) in [4.78, 5) is 0. The molecule has 3 atom stereocenters. The Bertz CT molecular complexity index is 381. The third-order valence-electron chi connectivity index (χ3n) is 3.60. The zero-order valence-electron chi connectivity index (χ0n) is 8.19. The summed E-state index contributed by atoms with van der Waals surface area (Å²) >= 11 is 0. The molecule has 0 spiro atoms. The van der Waals surface area contributed by atoms with Gasteiger partial charge >= 0.3 is 0 Å². The molecule has 2 N–H and O–H groups in total. The number of benzene rings is 1. The first kappa shape index (κ1) is 8.25. The monoisotopic (exact) mass is 185 g/mol. The molecule has 2 aliphatic rings. The molecule has 2 bridgehead atoms. The lowest BCUT2D eigenvalue weighted by Crippen LogP contribution is -2.36. The van der Waals surface area contributed by atoms with Gasteiger partial charge in [-0.1, -0.05) is 36.4 Å². The van der Waals surface area contributed by atoms with Crippen LogP contribution in [0.1, 0.15) is 23.5 Å². The van der Waals surface area contributed by atoms with Crippen molar-refractivity contribution in [3.63, 3.8) is 0 Å². The van der Waals surface area contributed by atoms with Crippen LogP contribution in [0.3, 0.4) is 0 Å². The van der Waals surface area contributed by atoms with Crippen LogP contribution in [0.2, 0.25) is 0 Å². The lowest BCUT2D eigenvalue weighted by atomic mass is 9.71. The third-order valence-corrected chi connectivity index (χ3v) is 3.60. The van der Waals surface area contributed by atoms with Crippen LogP contribution in [-0.2, 0) is 6.42 Å². The van der Waals surface area contributed by atoms with Crippen LogP contribution in [0.5, 0.6) is 0 Å². The van der Waals surface area contributed by atoms with Gasteiger partial charge in [0.1, 0.15) is 0 Å². The van der Waals surface area contributed by atoms with Crippen LogP contribution in [-0.4, -0.2) is 6.04 Å². The second-order valence-electron chi connectivity index (χ2n) is 4.47. The van der Waals surface area contributed by atoms with Crippen molar-refractivity contribution in [2.45, 2.75) is 24.8 Å². The Morgan fingerprint density at radius 1 is 1.14 bits per heavy atom. The number of nitrogens with two attached hydrogens (primary N) is 1. The molecule has 0 saturated carbocycles. The van der Waals surface area contributed by atoms with Crippen molar-refractivity contribution in [3.05, 3.63) is 47.5 Å². The Hall–Kier alpha value is -1.08. The first-order chi connectivity index (χ1) is 6.84. The highest BCUT2D eigenvalue weighted by atomic mass is 14.7. The largest absolute Gasteiger partial charge is 0.324 e. The van der Waals surface area contributed by atoms with E-state index in [9.17, 15) is 0 Å². The average molecular weight is 185 g/mol. The molecule has 0 heterocycles. The highest BCUT2D eigenvalue weighted by Crippen LogP contribution is 2.39. The lowest BCUT2D eigenvalue weighted by molar-refractivity contribution is 0.378. The second-order valence-corrected chi connectivity index (χ2v) is 4.47. The summed E-state index contributed by atoms with van der Waals surface area (Å²) in [5.74, 6) is 1.30. The topological polar surface area (TPSA) is 26.0 Å². The minimum Gasteiger partial charge on any atom is -0.324 e. The molecule has 0 fully saturated rings. The maximum absolute atomic E-state index is 6.06. The van der Waals surface area contributed by atoms with Crippen LogP contribution in [0, 0.1) is 5.92 Å². The van der Waals surface area contributed by atoms with Crippen molar-refractivity contribution in [3.8, 4) is 0 Å². The maximum atomic E-state index is 6.06. The first-order valence-corrected chi connectivity index (χ1v) is 5.36. The van der Waals surface area contributed by atoms with Gasteiger partial charge in [0.15, 0.2) is 0 Å². The predicted octanol–water partition coefficient (Wildman–Crippen LogP) is 2.23.